The van der Waals surface area contributed by atoms with Crippen molar-refractivity contribution in [2.24, 2.45) is 0 Å². The van der Waals surface area contributed by atoms with E-state index in [1.165, 1.54) is 0 Å². The molecule has 1 aromatic carbocycles. The fraction of sp³-hybridized carbons (Fsp3) is 0.520. The molecule has 1 aromatic heterocycles. The lowest BCUT2D eigenvalue weighted by molar-refractivity contribution is 0.0565. The van der Waals surface area contributed by atoms with E-state index in [4.69, 9.17) is 4.74 Å². The van der Waals surface area contributed by atoms with Crippen LogP contribution in [0.1, 0.15) is 71.0 Å². The Kier molecular flexibility index (Phi) is 7.49. The molecule has 7 nitrogen and oxygen atoms in total. The molecule has 8 heteroatoms. The van der Waals surface area contributed by atoms with Crippen molar-refractivity contribution in [2.45, 2.75) is 83.4 Å². The molecular weight excluding hydrogens is 438 g/mol. The molecule has 1 amide bonds. The molecule has 0 aliphatic carbocycles. The number of carbonyl (C=O) groups excluding carboxylic acids is 1. The molecule has 0 N–H and O–H groups in total. The van der Waals surface area contributed by atoms with Crippen molar-refractivity contribution >= 4 is 21.9 Å². The number of sulfonamides is 1. The van der Waals surface area contributed by atoms with Crippen LogP contribution in [0.4, 0.5) is 10.6 Å². The van der Waals surface area contributed by atoms with Gasteiger partial charge in [0.1, 0.15) is 11.4 Å². The minimum atomic E-state index is -3.70. The Bertz CT molecular complexity index is 1080. The number of rotatable bonds is 6. The maximum atomic E-state index is 13.5. The standard InChI is InChI=1S/C25H35N3O4S/c1-7-19(3)28(24(29)32-25(4,5)6)23-21(10-8-16-26-23)22-11-9-17-27(22)33(30,31)20-14-12-18(2)13-15-20/h8,10,12-16,19,22H,7,9,11,17H2,1-6H3. The van der Waals surface area contributed by atoms with Gasteiger partial charge >= 0.3 is 6.09 Å². The first kappa shape index (κ1) is 25.2. The Morgan fingerprint density at radius 1 is 1.24 bits per heavy atom. The quantitative estimate of drug-likeness (QED) is 0.557. The molecule has 2 aromatic rings. The average Bonchev–Trinajstić information content (AvgIpc) is 3.24. The van der Waals surface area contributed by atoms with Crippen LogP contribution in [0.25, 0.3) is 0 Å². The minimum absolute atomic E-state index is 0.169. The van der Waals surface area contributed by atoms with Crippen molar-refractivity contribution in [3.05, 3.63) is 53.7 Å². The molecule has 1 saturated heterocycles. The summed E-state index contributed by atoms with van der Waals surface area (Å²) >= 11 is 0. The molecule has 2 unspecified atom stereocenters. The van der Waals surface area contributed by atoms with E-state index < -0.39 is 27.8 Å². The van der Waals surface area contributed by atoms with Crippen LogP contribution in [-0.4, -0.2) is 42.0 Å². The van der Waals surface area contributed by atoms with Crippen LogP contribution in [0.2, 0.25) is 0 Å². The molecular formula is C25H35N3O4S. The number of amides is 1. The number of aryl methyl sites for hydroxylation is 1. The van der Waals surface area contributed by atoms with Gasteiger partial charge in [0.15, 0.2) is 0 Å². The predicted octanol–water partition coefficient (Wildman–Crippen LogP) is 5.46. The van der Waals surface area contributed by atoms with Crippen molar-refractivity contribution in [2.75, 3.05) is 11.4 Å². The third-order valence-electron chi connectivity index (χ3n) is 5.86. The normalized spacial score (nSPS) is 18.2. The maximum absolute atomic E-state index is 13.5. The Balaban J connectivity index is 2.04. The number of nitrogens with zero attached hydrogens (tertiary/aromatic N) is 3. The summed E-state index contributed by atoms with van der Waals surface area (Å²) in [6, 6.07) is 9.99. The van der Waals surface area contributed by atoms with Gasteiger partial charge in [-0.1, -0.05) is 30.7 Å². The molecule has 180 valence electrons. The highest BCUT2D eigenvalue weighted by Gasteiger charge is 2.39. The SMILES string of the molecule is CCC(C)N(C(=O)OC(C)(C)C)c1ncccc1C1CCCN1S(=O)(=O)c1ccc(C)cc1. The number of anilines is 1. The van der Waals surface area contributed by atoms with Crippen molar-refractivity contribution in [3.63, 3.8) is 0 Å². The van der Waals surface area contributed by atoms with E-state index in [1.807, 2.05) is 47.6 Å². The first-order valence-corrected chi connectivity index (χ1v) is 13.0. The van der Waals surface area contributed by atoms with Crippen LogP contribution >= 0.6 is 0 Å². The lowest BCUT2D eigenvalue weighted by atomic mass is 10.0. The van der Waals surface area contributed by atoms with Crippen LogP contribution in [0, 0.1) is 6.92 Å². The van der Waals surface area contributed by atoms with Crippen molar-refractivity contribution in [3.8, 4) is 0 Å². The van der Waals surface area contributed by atoms with E-state index in [-0.39, 0.29) is 10.9 Å². The van der Waals surface area contributed by atoms with Gasteiger partial charge in [-0.25, -0.2) is 18.2 Å². The Labute approximate surface area is 197 Å². The van der Waals surface area contributed by atoms with Crippen LogP contribution in [0.15, 0.2) is 47.5 Å². The van der Waals surface area contributed by atoms with E-state index in [0.717, 1.165) is 17.5 Å². The van der Waals surface area contributed by atoms with E-state index in [1.54, 1.807) is 45.7 Å². The number of hydrogen-bond donors (Lipinski definition) is 0. The highest BCUT2D eigenvalue weighted by molar-refractivity contribution is 7.89. The van der Waals surface area contributed by atoms with Gasteiger partial charge in [0.05, 0.1) is 10.9 Å². The van der Waals surface area contributed by atoms with Gasteiger partial charge in [0.2, 0.25) is 10.0 Å². The van der Waals surface area contributed by atoms with Gasteiger partial charge in [-0.15, -0.1) is 0 Å². The zero-order valence-corrected chi connectivity index (χ0v) is 21.2. The molecule has 1 fully saturated rings. The smallest absolute Gasteiger partial charge is 0.416 e. The molecule has 0 bridgehead atoms. The molecule has 3 rings (SSSR count). The lowest BCUT2D eigenvalue weighted by Crippen LogP contribution is -2.43. The average molecular weight is 474 g/mol. The number of ether oxygens (including phenoxy) is 1. The van der Waals surface area contributed by atoms with Gasteiger partial charge in [-0.2, -0.15) is 4.31 Å². The highest BCUT2D eigenvalue weighted by atomic mass is 32.2. The van der Waals surface area contributed by atoms with E-state index in [0.29, 0.717) is 25.2 Å². The summed E-state index contributed by atoms with van der Waals surface area (Å²) in [5.41, 5.74) is 1.06. The summed E-state index contributed by atoms with van der Waals surface area (Å²) in [4.78, 5) is 19.6. The summed E-state index contributed by atoms with van der Waals surface area (Å²) in [7, 11) is -3.70. The Morgan fingerprint density at radius 3 is 2.52 bits per heavy atom. The number of aromatic nitrogens is 1. The molecule has 2 atom stereocenters. The minimum Gasteiger partial charge on any atom is -0.443 e. The monoisotopic (exact) mass is 473 g/mol. The van der Waals surface area contributed by atoms with Crippen molar-refractivity contribution in [1.29, 1.82) is 0 Å². The zero-order valence-electron chi connectivity index (χ0n) is 20.4. The van der Waals surface area contributed by atoms with Crippen molar-refractivity contribution < 1.29 is 17.9 Å². The second-order valence-corrected chi connectivity index (χ2v) is 11.5. The second-order valence-electron chi connectivity index (χ2n) is 9.61. The Hall–Kier alpha value is -2.45. The van der Waals surface area contributed by atoms with Crippen LogP contribution < -0.4 is 4.90 Å². The summed E-state index contributed by atoms with van der Waals surface area (Å²) in [6.07, 6.45) is 3.24. The molecule has 1 aliphatic heterocycles. The highest BCUT2D eigenvalue weighted by Crippen LogP contribution is 2.40. The first-order valence-electron chi connectivity index (χ1n) is 11.5. The van der Waals surface area contributed by atoms with Gasteiger partial charge in [0, 0.05) is 24.3 Å². The van der Waals surface area contributed by atoms with Crippen LogP contribution in [0.3, 0.4) is 0 Å². The summed E-state index contributed by atoms with van der Waals surface area (Å²) in [6.45, 7) is 11.8. The van der Waals surface area contributed by atoms with Gasteiger partial charge in [-0.3, -0.25) is 4.90 Å². The molecule has 33 heavy (non-hydrogen) atoms. The van der Waals surface area contributed by atoms with Gasteiger partial charge in [-0.05, 0) is 72.1 Å². The number of pyridine rings is 1. The van der Waals surface area contributed by atoms with Crippen LogP contribution in [0.5, 0.6) is 0 Å². The zero-order chi connectivity index (χ0) is 24.4. The first-order chi connectivity index (χ1) is 15.5. The molecule has 0 saturated carbocycles. The summed E-state index contributed by atoms with van der Waals surface area (Å²) < 4.78 is 34.3. The number of hydrogen-bond acceptors (Lipinski definition) is 5. The summed E-state index contributed by atoms with van der Waals surface area (Å²) in [5.74, 6) is 0.456. The van der Waals surface area contributed by atoms with Gasteiger partial charge in [0.25, 0.3) is 0 Å². The predicted molar refractivity (Wildman–Crippen MR) is 130 cm³/mol. The fourth-order valence-electron chi connectivity index (χ4n) is 4.02. The molecule has 1 aliphatic rings. The molecule has 0 radical (unpaired) electrons. The summed E-state index contributed by atoms with van der Waals surface area (Å²) in [5, 5.41) is 0. The lowest BCUT2D eigenvalue weighted by Gasteiger charge is -2.33. The third kappa shape index (κ3) is 5.55. The topological polar surface area (TPSA) is 79.8 Å². The maximum Gasteiger partial charge on any atom is 0.416 e. The Morgan fingerprint density at radius 2 is 1.91 bits per heavy atom. The molecule has 2 heterocycles. The van der Waals surface area contributed by atoms with E-state index in [2.05, 4.69) is 4.98 Å². The fourth-order valence-corrected chi connectivity index (χ4v) is 5.70. The third-order valence-corrected chi connectivity index (χ3v) is 7.78. The van der Waals surface area contributed by atoms with Crippen LogP contribution in [-0.2, 0) is 14.8 Å². The largest absolute Gasteiger partial charge is 0.443 e. The van der Waals surface area contributed by atoms with Crippen molar-refractivity contribution in [1.82, 2.24) is 9.29 Å². The molecule has 0 spiro atoms. The number of benzene rings is 1. The van der Waals surface area contributed by atoms with E-state index >= 15 is 0 Å². The van der Waals surface area contributed by atoms with Gasteiger partial charge < -0.3 is 4.74 Å². The second kappa shape index (κ2) is 9.81. The van der Waals surface area contributed by atoms with E-state index in [9.17, 15) is 13.2 Å². The number of carbonyl (C=O) groups is 1.